The Balaban J connectivity index is 1.94. The molecule has 10 heteroatoms. The Bertz CT molecular complexity index is 1310. The van der Waals surface area contributed by atoms with Crippen LogP contribution in [0.3, 0.4) is 0 Å². The smallest absolute Gasteiger partial charge is 0.269 e. The summed E-state index contributed by atoms with van der Waals surface area (Å²) >= 11 is 9.99. The molecule has 0 radical (unpaired) electrons. The lowest BCUT2D eigenvalue weighted by molar-refractivity contribution is -0.384. The summed E-state index contributed by atoms with van der Waals surface area (Å²) in [4.78, 5) is 25.7. The number of fused-ring (bicyclic) bond motifs is 1. The Labute approximate surface area is 202 Å². The number of carbonyl (C=O) groups excluding carboxylic acids is 1. The van der Waals surface area contributed by atoms with Gasteiger partial charge in [0.1, 0.15) is 5.75 Å². The largest absolute Gasteiger partial charge is 0.497 e. The first-order valence-corrected chi connectivity index (χ1v) is 12.7. The summed E-state index contributed by atoms with van der Waals surface area (Å²) in [6.07, 6.45) is 1.93. The van der Waals surface area contributed by atoms with Crippen LogP contribution in [0, 0.1) is 14.1 Å². The van der Waals surface area contributed by atoms with Crippen molar-refractivity contribution < 1.29 is 14.5 Å². The third-order valence-corrected chi connectivity index (χ3v) is 9.33. The Morgan fingerprint density at radius 1 is 1.25 bits per heavy atom. The van der Waals surface area contributed by atoms with Gasteiger partial charge in [-0.2, -0.15) is 0 Å². The molecular formula is C22H18N2O4S4. The van der Waals surface area contributed by atoms with Crippen LogP contribution in [0.25, 0.3) is 0 Å². The van der Waals surface area contributed by atoms with Gasteiger partial charge in [-0.1, -0.05) is 23.9 Å². The zero-order valence-electron chi connectivity index (χ0n) is 17.4. The predicted molar refractivity (Wildman–Crippen MR) is 133 cm³/mol. The maximum absolute atomic E-state index is 13.8. The summed E-state index contributed by atoms with van der Waals surface area (Å²) in [5.41, 5.74) is 1.83. The standard InChI is InChI=1S/C22H18N2O4S4/c1-23-20-19(31-22(23)29)16(13-5-4-6-14(11-13)24(26)27)17(21(30-3)32-20)18(25)12-7-9-15(28-2)10-8-12/h4-11,16H,1-3H3. The summed E-state index contributed by atoms with van der Waals surface area (Å²) in [6, 6.07) is 13.5. The van der Waals surface area contributed by atoms with Gasteiger partial charge in [0, 0.05) is 30.3 Å². The second-order valence-corrected chi connectivity index (χ2v) is 10.7. The van der Waals surface area contributed by atoms with E-state index in [9.17, 15) is 14.9 Å². The van der Waals surface area contributed by atoms with E-state index in [0.717, 1.165) is 14.1 Å². The van der Waals surface area contributed by atoms with Crippen molar-refractivity contribution in [3.05, 3.63) is 88.4 Å². The van der Waals surface area contributed by atoms with E-state index in [2.05, 4.69) is 0 Å². The molecule has 2 heterocycles. The van der Waals surface area contributed by atoms with Crippen LogP contribution in [-0.4, -0.2) is 28.6 Å². The fourth-order valence-electron chi connectivity index (χ4n) is 3.56. The number of nitrogens with zero attached hydrogens (tertiary/aromatic N) is 2. The van der Waals surface area contributed by atoms with Crippen molar-refractivity contribution in [2.24, 2.45) is 7.05 Å². The van der Waals surface area contributed by atoms with Gasteiger partial charge < -0.3 is 9.30 Å². The molecule has 0 saturated heterocycles. The first-order chi connectivity index (χ1) is 15.3. The molecule has 0 N–H and O–H groups in total. The van der Waals surface area contributed by atoms with E-state index in [1.807, 2.05) is 23.9 Å². The average Bonchev–Trinajstić information content (AvgIpc) is 3.10. The molecule has 0 spiro atoms. The van der Waals surface area contributed by atoms with Gasteiger partial charge in [-0.3, -0.25) is 14.9 Å². The number of benzene rings is 2. The van der Waals surface area contributed by atoms with Crippen molar-refractivity contribution in [2.45, 2.75) is 10.9 Å². The maximum atomic E-state index is 13.8. The fraction of sp³-hybridized carbons (Fsp3) is 0.182. The van der Waals surface area contributed by atoms with Crippen molar-refractivity contribution in [2.75, 3.05) is 13.4 Å². The highest BCUT2D eigenvalue weighted by Gasteiger charge is 2.37. The molecule has 3 aromatic rings. The monoisotopic (exact) mass is 502 g/mol. The summed E-state index contributed by atoms with van der Waals surface area (Å²) < 4.78 is 8.71. The Hall–Kier alpha value is -2.40. The Kier molecular flexibility index (Phi) is 6.57. The van der Waals surface area contributed by atoms with Crippen molar-refractivity contribution >= 4 is 58.5 Å². The normalized spacial score (nSPS) is 15.4. The van der Waals surface area contributed by atoms with E-state index >= 15 is 0 Å². The molecule has 4 rings (SSSR count). The second-order valence-electron chi connectivity index (χ2n) is 6.95. The van der Waals surface area contributed by atoms with E-state index in [-0.39, 0.29) is 11.5 Å². The number of carbonyl (C=O) groups is 1. The Morgan fingerprint density at radius 2 is 1.97 bits per heavy atom. The van der Waals surface area contributed by atoms with Gasteiger partial charge in [0.15, 0.2) is 9.74 Å². The molecule has 0 aliphatic carbocycles. The minimum absolute atomic E-state index is 0.0104. The SMILES string of the molecule is COc1ccc(C(=O)C2=C(SC)Sc3c(sc(=S)n3C)C2c2cccc([N+](=O)[O-])c2)cc1. The van der Waals surface area contributed by atoms with E-state index in [0.29, 0.717) is 26.4 Å². The predicted octanol–water partition coefficient (Wildman–Crippen LogP) is 6.43. The highest BCUT2D eigenvalue weighted by molar-refractivity contribution is 8.22. The van der Waals surface area contributed by atoms with Crippen LogP contribution in [0.2, 0.25) is 0 Å². The van der Waals surface area contributed by atoms with Crippen LogP contribution in [0.15, 0.2) is 63.4 Å². The number of aromatic nitrogens is 1. The first kappa shape index (κ1) is 22.8. The molecule has 1 atom stereocenters. The number of hydrogen-bond acceptors (Lipinski definition) is 8. The number of nitro benzene ring substituents is 1. The fourth-order valence-corrected chi connectivity index (χ4v) is 7.24. The highest BCUT2D eigenvalue weighted by Crippen LogP contribution is 2.53. The molecule has 32 heavy (non-hydrogen) atoms. The molecule has 6 nitrogen and oxygen atoms in total. The van der Waals surface area contributed by atoms with Crippen molar-refractivity contribution in [3.63, 3.8) is 0 Å². The van der Waals surface area contributed by atoms with E-state index in [1.165, 1.54) is 40.9 Å². The summed E-state index contributed by atoms with van der Waals surface area (Å²) in [7, 11) is 3.48. The topological polar surface area (TPSA) is 74.4 Å². The maximum Gasteiger partial charge on any atom is 0.269 e. The van der Waals surface area contributed by atoms with Crippen LogP contribution in [0.4, 0.5) is 5.69 Å². The zero-order valence-corrected chi connectivity index (χ0v) is 20.6. The molecule has 0 fully saturated rings. The lowest BCUT2D eigenvalue weighted by Crippen LogP contribution is -2.18. The summed E-state index contributed by atoms with van der Waals surface area (Å²) in [5.74, 6) is 0.0990. The van der Waals surface area contributed by atoms with Crippen LogP contribution in [0.5, 0.6) is 5.75 Å². The van der Waals surface area contributed by atoms with Crippen molar-refractivity contribution in [3.8, 4) is 5.75 Å². The molecule has 0 saturated carbocycles. The number of Topliss-reactive ketones (excluding diaryl/α,β-unsaturated/α-hetero) is 1. The van der Waals surface area contributed by atoms with Crippen molar-refractivity contribution in [1.82, 2.24) is 4.57 Å². The number of non-ortho nitro benzene ring substituents is 1. The molecule has 1 aliphatic rings. The lowest BCUT2D eigenvalue weighted by Gasteiger charge is -2.27. The van der Waals surface area contributed by atoms with E-state index in [4.69, 9.17) is 17.0 Å². The van der Waals surface area contributed by atoms with Gasteiger partial charge in [0.2, 0.25) is 0 Å². The molecule has 2 aromatic carbocycles. The van der Waals surface area contributed by atoms with Gasteiger partial charge in [-0.25, -0.2) is 0 Å². The van der Waals surface area contributed by atoms with Gasteiger partial charge in [0.25, 0.3) is 5.69 Å². The first-order valence-electron chi connectivity index (χ1n) is 9.44. The van der Waals surface area contributed by atoms with Crippen LogP contribution < -0.4 is 4.74 Å². The number of nitro groups is 1. The number of ether oxygens (including phenoxy) is 1. The summed E-state index contributed by atoms with van der Waals surface area (Å²) in [6.45, 7) is 0. The third-order valence-electron chi connectivity index (χ3n) is 5.14. The third kappa shape index (κ3) is 4.03. The van der Waals surface area contributed by atoms with Gasteiger partial charge >= 0.3 is 0 Å². The highest BCUT2D eigenvalue weighted by atomic mass is 32.2. The van der Waals surface area contributed by atoms with Crippen LogP contribution in [-0.2, 0) is 7.05 Å². The summed E-state index contributed by atoms with van der Waals surface area (Å²) in [5, 5.41) is 12.4. The van der Waals surface area contributed by atoms with E-state index in [1.54, 1.807) is 43.5 Å². The molecule has 0 bridgehead atoms. The molecule has 1 unspecified atom stereocenters. The zero-order chi connectivity index (χ0) is 23.0. The number of hydrogen-bond donors (Lipinski definition) is 0. The number of allylic oxidation sites excluding steroid dienone is 1. The van der Waals surface area contributed by atoms with Crippen molar-refractivity contribution in [1.29, 1.82) is 0 Å². The van der Waals surface area contributed by atoms with Crippen LogP contribution in [0.1, 0.15) is 26.7 Å². The molecule has 0 amide bonds. The molecule has 164 valence electrons. The van der Waals surface area contributed by atoms with Gasteiger partial charge in [-0.15, -0.1) is 23.1 Å². The number of ketones is 1. The minimum atomic E-state index is -0.448. The minimum Gasteiger partial charge on any atom is -0.497 e. The van der Waals surface area contributed by atoms with Crippen LogP contribution >= 0.6 is 47.1 Å². The Morgan fingerprint density at radius 3 is 2.59 bits per heavy atom. The number of methoxy groups -OCH3 is 1. The average molecular weight is 503 g/mol. The number of rotatable bonds is 6. The number of thiazole rings is 1. The quantitative estimate of drug-likeness (QED) is 0.166. The number of thioether (sulfide) groups is 2. The molecular weight excluding hydrogens is 485 g/mol. The van der Waals surface area contributed by atoms with E-state index < -0.39 is 10.8 Å². The second kappa shape index (κ2) is 9.22. The molecule has 1 aromatic heterocycles. The van der Waals surface area contributed by atoms with Gasteiger partial charge in [-0.05, 0) is 48.3 Å². The van der Waals surface area contributed by atoms with Gasteiger partial charge in [0.05, 0.1) is 32.1 Å². The lowest BCUT2D eigenvalue weighted by atomic mass is 9.86. The molecule has 1 aliphatic heterocycles.